The van der Waals surface area contributed by atoms with Gasteiger partial charge in [-0.05, 0) is 31.0 Å². The number of rotatable bonds is 5. The van der Waals surface area contributed by atoms with Crippen LogP contribution in [0.3, 0.4) is 0 Å². The lowest BCUT2D eigenvalue weighted by atomic mass is 10.0. The van der Waals surface area contributed by atoms with Gasteiger partial charge in [-0.15, -0.1) is 0 Å². The van der Waals surface area contributed by atoms with Crippen LogP contribution >= 0.6 is 0 Å². The molecule has 0 aliphatic heterocycles. The van der Waals surface area contributed by atoms with Crippen LogP contribution in [0.1, 0.15) is 23.7 Å². The summed E-state index contributed by atoms with van der Waals surface area (Å²) in [6.07, 6.45) is 2.48. The van der Waals surface area contributed by atoms with Crippen LogP contribution in [0, 0.1) is 6.92 Å². The normalized spacial score (nSPS) is 12.1. The van der Waals surface area contributed by atoms with E-state index in [2.05, 4.69) is 22.4 Å². The first-order valence-electron chi connectivity index (χ1n) is 6.14. The molecule has 0 aliphatic carbocycles. The van der Waals surface area contributed by atoms with Crippen molar-refractivity contribution in [3.05, 3.63) is 59.9 Å². The summed E-state index contributed by atoms with van der Waals surface area (Å²) in [5, 5.41) is 12.6. The van der Waals surface area contributed by atoms with E-state index in [1.54, 1.807) is 6.20 Å². The Kier molecular flexibility index (Phi) is 4.31. The monoisotopic (exact) mass is 242 g/mol. The number of nitrogens with zero attached hydrogens (tertiary/aromatic N) is 1. The van der Waals surface area contributed by atoms with E-state index in [1.165, 1.54) is 5.56 Å². The maximum atomic E-state index is 9.18. The van der Waals surface area contributed by atoms with Gasteiger partial charge in [0, 0.05) is 24.2 Å². The molecule has 1 aromatic heterocycles. The number of pyridine rings is 1. The molecule has 3 heteroatoms. The van der Waals surface area contributed by atoms with Crippen molar-refractivity contribution in [1.29, 1.82) is 0 Å². The van der Waals surface area contributed by atoms with Gasteiger partial charge in [0.15, 0.2) is 0 Å². The fraction of sp³-hybridized carbons (Fsp3) is 0.267. The first kappa shape index (κ1) is 12.6. The second-order valence-corrected chi connectivity index (χ2v) is 4.31. The molecule has 0 saturated heterocycles. The van der Waals surface area contributed by atoms with E-state index in [0.29, 0.717) is 6.42 Å². The Morgan fingerprint density at radius 2 is 2.00 bits per heavy atom. The molecule has 2 N–H and O–H groups in total. The van der Waals surface area contributed by atoms with Gasteiger partial charge in [0.05, 0.1) is 6.04 Å². The predicted octanol–water partition coefficient (Wildman–Crippen LogP) is 2.93. The van der Waals surface area contributed by atoms with Crippen molar-refractivity contribution in [2.24, 2.45) is 0 Å². The van der Waals surface area contributed by atoms with Gasteiger partial charge >= 0.3 is 0 Å². The van der Waals surface area contributed by atoms with Crippen molar-refractivity contribution in [3.63, 3.8) is 0 Å². The molecule has 0 amide bonds. The Hall–Kier alpha value is -1.87. The molecule has 1 heterocycles. The zero-order valence-electron chi connectivity index (χ0n) is 10.5. The van der Waals surface area contributed by atoms with Gasteiger partial charge in [-0.25, -0.2) is 0 Å². The first-order chi connectivity index (χ1) is 8.79. The molecule has 0 radical (unpaired) electrons. The summed E-state index contributed by atoms with van der Waals surface area (Å²) in [5.41, 5.74) is 3.20. The molecule has 1 aromatic carbocycles. The average Bonchev–Trinajstić information content (AvgIpc) is 2.39. The number of benzene rings is 1. The SMILES string of the molecule is Cc1cc(N[C@H](CCO)c2ccccc2)ccn1. The lowest BCUT2D eigenvalue weighted by Gasteiger charge is -2.19. The minimum atomic E-state index is 0.123. The number of hydrogen-bond donors (Lipinski definition) is 2. The second kappa shape index (κ2) is 6.17. The summed E-state index contributed by atoms with van der Waals surface area (Å²) in [5.74, 6) is 0. The summed E-state index contributed by atoms with van der Waals surface area (Å²) in [7, 11) is 0. The van der Waals surface area contributed by atoms with Crippen molar-refractivity contribution < 1.29 is 5.11 Å². The Morgan fingerprint density at radius 3 is 2.67 bits per heavy atom. The zero-order chi connectivity index (χ0) is 12.8. The number of aliphatic hydroxyl groups excluding tert-OH is 1. The van der Waals surface area contributed by atoms with E-state index < -0.39 is 0 Å². The van der Waals surface area contributed by atoms with Gasteiger partial charge in [0.2, 0.25) is 0 Å². The Labute approximate surface area is 108 Å². The summed E-state index contributed by atoms with van der Waals surface area (Å²) in [6, 6.07) is 14.2. The summed E-state index contributed by atoms with van der Waals surface area (Å²) in [4.78, 5) is 4.18. The summed E-state index contributed by atoms with van der Waals surface area (Å²) in [6.45, 7) is 2.13. The second-order valence-electron chi connectivity index (χ2n) is 4.31. The zero-order valence-corrected chi connectivity index (χ0v) is 10.5. The third-order valence-corrected chi connectivity index (χ3v) is 2.86. The highest BCUT2D eigenvalue weighted by molar-refractivity contribution is 5.45. The van der Waals surface area contributed by atoms with Gasteiger partial charge in [-0.1, -0.05) is 30.3 Å². The number of hydrogen-bond acceptors (Lipinski definition) is 3. The largest absolute Gasteiger partial charge is 0.396 e. The van der Waals surface area contributed by atoms with Gasteiger partial charge in [0.25, 0.3) is 0 Å². The Bertz CT molecular complexity index is 485. The lowest BCUT2D eigenvalue weighted by molar-refractivity contribution is 0.280. The molecular weight excluding hydrogens is 224 g/mol. The third-order valence-electron chi connectivity index (χ3n) is 2.86. The highest BCUT2D eigenvalue weighted by Gasteiger charge is 2.10. The molecule has 0 aliphatic rings. The number of aryl methyl sites for hydroxylation is 1. The van der Waals surface area contributed by atoms with Crippen LogP contribution in [0.5, 0.6) is 0 Å². The van der Waals surface area contributed by atoms with Crippen molar-refractivity contribution in [3.8, 4) is 0 Å². The molecule has 94 valence electrons. The Morgan fingerprint density at radius 1 is 1.22 bits per heavy atom. The maximum Gasteiger partial charge on any atom is 0.0535 e. The predicted molar refractivity (Wildman–Crippen MR) is 73.5 cm³/mol. The fourth-order valence-corrected chi connectivity index (χ4v) is 1.97. The molecular formula is C15H18N2O. The Balaban J connectivity index is 2.16. The van der Waals surface area contributed by atoms with Gasteiger partial charge in [-0.3, -0.25) is 4.98 Å². The standard InChI is InChI=1S/C15H18N2O/c1-12-11-14(7-9-16-12)17-15(8-10-18)13-5-3-2-4-6-13/h2-7,9,11,15,18H,8,10H2,1H3,(H,16,17)/t15-/m1/s1. The highest BCUT2D eigenvalue weighted by atomic mass is 16.3. The topological polar surface area (TPSA) is 45.1 Å². The molecule has 0 bridgehead atoms. The molecule has 0 fully saturated rings. The number of aromatic nitrogens is 1. The van der Waals surface area contributed by atoms with Crippen molar-refractivity contribution in [2.45, 2.75) is 19.4 Å². The van der Waals surface area contributed by atoms with E-state index in [4.69, 9.17) is 0 Å². The number of aliphatic hydroxyl groups is 1. The summed E-state index contributed by atoms with van der Waals surface area (Å²) < 4.78 is 0. The van der Waals surface area contributed by atoms with Crippen LogP contribution in [-0.2, 0) is 0 Å². The van der Waals surface area contributed by atoms with Crippen molar-refractivity contribution >= 4 is 5.69 Å². The van der Waals surface area contributed by atoms with E-state index in [0.717, 1.165) is 11.4 Å². The van der Waals surface area contributed by atoms with E-state index in [9.17, 15) is 5.11 Å². The first-order valence-corrected chi connectivity index (χ1v) is 6.14. The average molecular weight is 242 g/mol. The third kappa shape index (κ3) is 3.31. The molecule has 0 unspecified atom stereocenters. The number of nitrogens with one attached hydrogen (secondary N) is 1. The lowest BCUT2D eigenvalue weighted by Crippen LogP contribution is -2.12. The molecule has 1 atom stereocenters. The van der Waals surface area contributed by atoms with Crippen molar-refractivity contribution in [2.75, 3.05) is 11.9 Å². The smallest absolute Gasteiger partial charge is 0.0535 e. The molecule has 2 aromatic rings. The van der Waals surface area contributed by atoms with Gasteiger partial charge in [-0.2, -0.15) is 0 Å². The molecule has 18 heavy (non-hydrogen) atoms. The maximum absolute atomic E-state index is 9.18. The minimum Gasteiger partial charge on any atom is -0.396 e. The quantitative estimate of drug-likeness (QED) is 0.847. The number of anilines is 1. The summed E-state index contributed by atoms with van der Waals surface area (Å²) >= 11 is 0. The van der Waals surface area contributed by atoms with Gasteiger partial charge < -0.3 is 10.4 Å². The van der Waals surface area contributed by atoms with E-state index >= 15 is 0 Å². The van der Waals surface area contributed by atoms with Crippen LogP contribution in [0.25, 0.3) is 0 Å². The molecule has 3 nitrogen and oxygen atoms in total. The van der Waals surface area contributed by atoms with E-state index in [1.807, 2.05) is 37.3 Å². The van der Waals surface area contributed by atoms with Gasteiger partial charge in [0.1, 0.15) is 0 Å². The van der Waals surface area contributed by atoms with Crippen LogP contribution in [0.15, 0.2) is 48.7 Å². The van der Waals surface area contributed by atoms with Crippen molar-refractivity contribution in [1.82, 2.24) is 4.98 Å². The molecule has 0 saturated carbocycles. The molecule has 2 rings (SSSR count). The van der Waals surface area contributed by atoms with Crippen LogP contribution in [0.4, 0.5) is 5.69 Å². The molecule has 0 spiro atoms. The van der Waals surface area contributed by atoms with Crippen LogP contribution < -0.4 is 5.32 Å². The van der Waals surface area contributed by atoms with E-state index in [-0.39, 0.29) is 12.6 Å². The highest BCUT2D eigenvalue weighted by Crippen LogP contribution is 2.22. The van der Waals surface area contributed by atoms with Crippen LogP contribution in [0.2, 0.25) is 0 Å². The fourth-order valence-electron chi connectivity index (χ4n) is 1.97. The van der Waals surface area contributed by atoms with Crippen LogP contribution in [-0.4, -0.2) is 16.7 Å². The minimum absolute atomic E-state index is 0.123.